The number of amidine groups is 1. The summed E-state index contributed by atoms with van der Waals surface area (Å²) in [4.78, 5) is 11.2. The molecule has 3 aromatic heterocycles. The molecule has 0 aliphatic carbocycles. The van der Waals surface area contributed by atoms with E-state index in [-0.39, 0.29) is 0 Å². The summed E-state index contributed by atoms with van der Waals surface area (Å²) in [6, 6.07) is 73.6. The van der Waals surface area contributed by atoms with Crippen molar-refractivity contribution in [1.29, 1.82) is 0 Å². The number of hydrogen-bond acceptors (Lipinski definition) is 4. The van der Waals surface area contributed by atoms with E-state index in [4.69, 9.17) is 18.8 Å². The molecule has 0 N–H and O–H groups in total. The molecule has 14 aromatic rings. The highest BCUT2D eigenvalue weighted by Crippen LogP contribution is 2.44. The SMILES string of the molecule is C1=C(c2cccc3c2oc2ccccc23)N=C(c2ccc(-n3c4cc5ccccc5cc4c4ccc5ccccc5c43)c3oc4cc5ccccc5cc4c23)N=C(c2ccc3ccccc3c2)C1. The first-order chi connectivity index (χ1) is 33.7. The maximum Gasteiger partial charge on any atom is 0.160 e. The Labute approximate surface area is 388 Å². The number of rotatable bonds is 4. The van der Waals surface area contributed by atoms with Gasteiger partial charge in [0.1, 0.15) is 16.7 Å². The van der Waals surface area contributed by atoms with Crippen LogP contribution in [-0.4, -0.2) is 16.1 Å². The van der Waals surface area contributed by atoms with Gasteiger partial charge in [-0.25, -0.2) is 9.98 Å². The summed E-state index contributed by atoms with van der Waals surface area (Å²) in [6.07, 6.45) is 2.78. The Morgan fingerprint density at radius 3 is 1.87 bits per heavy atom. The lowest BCUT2D eigenvalue weighted by molar-refractivity contribution is 0.666. The highest BCUT2D eigenvalue weighted by atomic mass is 16.3. The molecular weight excluding hydrogens is 831 g/mol. The van der Waals surface area contributed by atoms with Crippen molar-refractivity contribution in [2.75, 3.05) is 0 Å². The molecule has 1 aliphatic heterocycles. The average molecular weight is 868 g/mol. The molecule has 0 saturated carbocycles. The Kier molecular flexibility index (Phi) is 7.78. The largest absolute Gasteiger partial charge is 0.455 e. The molecule has 1 aliphatic rings. The van der Waals surface area contributed by atoms with Crippen molar-refractivity contribution < 1.29 is 8.83 Å². The fourth-order valence-corrected chi connectivity index (χ4v) is 11.0. The fraction of sp³-hybridized carbons (Fsp3) is 0.0159. The summed E-state index contributed by atoms with van der Waals surface area (Å²) >= 11 is 0. The van der Waals surface area contributed by atoms with Crippen LogP contribution in [0, 0.1) is 0 Å². The van der Waals surface area contributed by atoms with Crippen LogP contribution in [0.5, 0.6) is 0 Å². The van der Waals surface area contributed by atoms with Crippen molar-refractivity contribution >= 4 is 126 Å². The van der Waals surface area contributed by atoms with Crippen molar-refractivity contribution in [3.8, 4) is 5.69 Å². The van der Waals surface area contributed by atoms with Crippen molar-refractivity contribution in [2.45, 2.75) is 6.42 Å². The summed E-state index contributed by atoms with van der Waals surface area (Å²) in [5.41, 5.74) is 11.0. The third-order valence-electron chi connectivity index (χ3n) is 14.2. The molecular formula is C63H37N3O2. The first-order valence-corrected chi connectivity index (χ1v) is 23.2. The quantitative estimate of drug-likeness (QED) is 0.177. The van der Waals surface area contributed by atoms with Gasteiger partial charge in [0.15, 0.2) is 11.4 Å². The summed E-state index contributed by atoms with van der Waals surface area (Å²) in [7, 11) is 0. The van der Waals surface area contributed by atoms with Gasteiger partial charge >= 0.3 is 0 Å². The van der Waals surface area contributed by atoms with E-state index in [0.29, 0.717) is 12.3 Å². The van der Waals surface area contributed by atoms with Gasteiger partial charge in [0.05, 0.1) is 28.1 Å². The maximum absolute atomic E-state index is 7.28. The van der Waals surface area contributed by atoms with Gasteiger partial charge in [0, 0.05) is 55.3 Å². The molecule has 316 valence electrons. The predicted molar refractivity (Wildman–Crippen MR) is 284 cm³/mol. The number of aliphatic imine (C=N–C) groups is 2. The molecule has 0 unspecified atom stereocenters. The second kappa shape index (κ2) is 14.2. The zero-order valence-corrected chi connectivity index (χ0v) is 36.6. The normalized spacial score (nSPS) is 13.5. The van der Waals surface area contributed by atoms with E-state index in [1.54, 1.807) is 0 Å². The Bertz CT molecular complexity index is 4590. The number of furan rings is 2. The first-order valence-electron chi connectivity index (χ1n) is 23.2. The minimum Gasteiger partial charge on any atom is -0.455 e. The maximum atomic E-state index is 7.28. The molecule has 11 aromatic carbocycles. The fourth-order valence-electron chi connectivity index (χ4n) is 11.0. The predicted octanol–water partition coefficient (Wildman–Crippen LogP) is 16.9. The zero-order valence-electron chi connectivity index (χ0n) is 36.6. The Hall–Kier alpha value is -9.06. The molecule has 0 spiro atoms. The van der Waals surface area contributed by atoms with E-state index < -0.39 is 0 Å². The lowest BCUT2D eigenvalue weighted by atomic mass is 10.0. The number of fused-ring (bicyclic) bond motifs is 14. The van der Waals surface area contributed by atoms with Gasteiger partial charge in [-0.3, -0.25) is 0 Å². The zero-order chi connectivity index (χ0) is 44.5. The van der Waals surface area contributed by atoms with Gasteiger partial charge in [0.25, 0.3) is 0 Å². The molecule has 5 heteroatoms. The van der Waals surface area contributed by atoms with E-state index in [9.17, 15) is 0 Å². The lowest BCUT2D eigenvalue weighted by Crippen LogP contribution is -2.06. The number of hydrogen-bond donors (Lipinski definition) is 0. The van der Waals surface area contributed by atoms with Crippen molar-refractivity contribution in [1.82, 2.24) is 4.57 Å². The number of aromatic nitrogens is 1. The van der Waals surface area contributed by atoms with Gasteiger partial charge in [-0.15, -0.1) is 0 Å². The van der Waals surface area contributed by atoms with E-state index >= 15 is 0 Å². The molecule has 5 nitrogen and oxygen atoms in total. The molecule has 0 atom stereocenters. The minimum absolute atomic E-state index is 0.567. The minimum atomic E-state index is 0.567. The van der Waals surface area contributed by atoms with Gasteiger partial charge in [0.2, 0.25) is 0 Å². The van der Waals surface area contributed by atoms with E-state index in [1.165, 1.54) is 37.7 Å². The average Bonchev–Trinajstić information content (AvgIpc) is 4.00. The summed E-state index contributed by atoms with van der Waals surface area (Å²) in [5, 5.41) is 15.8. The summed E-state index contributed by atoms with van der Waals surface area (Å²) < 4.78 is 16.4. The topological polar surface area (TPSA) is 55.9 Å². The van der Waals surface area contributed by atoms with Crippen molar-refractivity contribution in [2.24, 2.45) is 9.98 Å². The number of benzene rings is 11. The second-order valence-electron chi connectivity index (χ2n) is 18.0. The monoisotopic (exact) mass is 867 g/mol. The van der Waals surface area contributed by atoms with Crippen LogP contribution in [0.1, 0.15) is 23.1 Å². The standard InChI is InChI=1S/C63H37N3O2/c1-2-14-39-32-44(25-24-37(39)12-1)53-29-30-54(49-22-11-21-48-46-20-9-10-23-57(46)67-61(48)49)65-63(64-53)50-28-31-55(62-59(50)52-34-41-16-4-6-18-43(41)36-58(52)68-62)66-56-35-42-17-5-3-15-40(42)33-51(56)47-27-26-38-13-7-8-19-45(38)60(47)66/h1-28,30-36H,29H2. The molecule has 0 radical (unpaired) electrons. The van der Waals surface area contributed by atoms with Crippen LogP contribution in [0.25, 0.3) is 120 Å². The Balaban J connectivity index is 1.05. The Morgan fingerprint density at radius 1 is 0.397 bits per heavy atom. The number of para-hydroxylation sites is 2. The molecule has 0 amide bonds. The van der Waals surface area contributed by atoms with Crippen LogP contribution in [0.15, 0.2) is 231 Å². The highest BCUT2D eigenvalue weighted by Gasteiger charge is 2.26. The molecule has 0 bridgehead atoms. The molecule has 0 saturated heterocycles. The molecule has 0 fully saturated rings. The first kappa shape index (κ1) is 37.2. The van der Waals surface area contributed by atoms with Crippen molar-refractivity contribution in [3.63, 3.8) is 0 Å². The van der Waals surface area contributed by atoms with Crippen molar-refractivity contribution in [3.05, 3.63) is 229 Å². The third kappa shape index (κ3) is 5.50. The van der Waals surface area contributed by atoms with Crippen LogP contribution in [0.3, 0.4) is 0 Å². The van der Waals surface area contributed by atoms with Gasteiger partial charge in [-0.2, -0.15) is 0 Å². The summed E-state index contributed by atoms with van der Waals surface area (Å²) in [5.74, 6) is 0.607. The lowest BCUT2D eigenvalue weighted by Gasteiger charge is -2.13. The third-order valence-corrected chi connectivity index (χ3v) is 14.2. The number of allylic oxidation sites excluding steroid dienone is 1. The van der Waals surface area contributed by atoms with Crippen LogP contribution < -0.4 is 0 Å². The van der Waals surface area contributed by atoms with Gasteiger partial charge < -0.3 is 13.4 Å². The molecule has 68 heavy (non-hydrogen) atoms. The van der Waals surface area contributed by atoms with Crippen LogP contribution in [-0.2, 0) is 0 Å². The molecule has 4 heterocycles. The van der Waals surface area contributed by atoms with Gasteiger partial charge in [-0.1, -0.05) is 158 Å². The van der Waals surface area contributed by atoms with E-state index in [0.717, 1.165) is 105 Å². The summed E-state index contributed by atoms with van der Waals surface area (Å²) in [6.45, 7) is 0. The van der Waals surface area contributed by atoms with Crippen LogP contribution in [0.2, 0.25) is 0 Å². The second-order valence-corrected chi connectivity index (χ2v) is 18.0. The number of nitrogens with zero attached hydrogens (tertiary/aromatic N) is 3. The van der Waals surface area contributed by atoms with Crippen LogP contribution in [0.4, 0.5) is 0 Å². The van der Waals surface area contributed by atoms with E-state index in [2.05, 4.69) is 205 Å². The van der Waals surface area contributed by atoms with E-state index in [1.807, 2.05) is 12.1 Å². The Morgan fingerprint density at radius 2 is 1.04 bits per heavy atom. The smallest absolute Gasteiger partial charge is 0.160 e. The molecule has 15 rings (SSSR count). The van der Waals surface area contributed by atoms with Crippen LogP contribution >= 0.6 is 0 Å². The van der Waals surface area contributed by atoms with Gasteiger partial charge in [-0.05, 0) is 97.9 Å². The highest BCUT2D eigenvalue weighted by molar-refractivity contribution is 6.27.